The lowest BCUT2D eigenvalue weighted by Crippen LogP contribution is -2.45. The highest BCUT2D eigenvalue weighted by atomic mass is 32.2. The molecule has 1 unspecified atom stereocenters. The minimum absolute atomic E-state index is 0.0543. The van der Waals surface area contributed by atoms with Crippen LogP contribution in [0.15, 0.2) is 52.3 Å². The number of para-hydroxylation sites is 1. The number of methoxy groups -OCH3 is 1. The minimum Gasteiger partial charge on any atom is -0.378 e. The van der Waals surface area contributed by atoms with Crippen LogP contribution in [0.5, 0.6) is 0 Å². The molecular formula is C23H32N4O3S2. The lowest BCUT2D eigenvalue weighted by molar-refractivity contribution is 0.0568. The molecule has 32 heavy (non-hydrogen) atoms. The molecule has 0 spiro atoms. The van der Waals surface area contributed by atoms with Gasteiger partial charge in [0.2, 0.25) is 0 Å². The molecule has 1 atom stereocenters. The summed E-state index contributed by atoms with van der Waals surface area (Å²) in [6, 6.07) is 15.2. The van der Waals surface area contributed by atoms with Crippen molar-refractivity contribution in [3.63, 3.8) is 0 Å². The molecule has 1 saturated heterocycles. The van der Waals surface area contributed by atoms with Gasteiger partial charge in [-0.3, -0.25) is 0 Å². The van der Waals surface area contributed by atoms with E-state index in [0.29, 0.717) is 12.5 Å². The van der Waals surface area contributed by atoms with E-state index in [4.69, 9.17) is 9.88 Å². The van der Waals surface area contributed by atoms with Gasteiger partial charge in [-0.25, -0.2) is 9.86 Å². The first-order valence-corrected chi connectivity index (χ1v) is 13.4. The van der Waals surface area contributed by atoms with Crippen LogP contribution < -0.4 is 14.8 Å². The van der Waals surface area contributed by atoms with Crippen LogP contribution in [0, 0.1) is 12.8 Å². The monoisotopic (exact) mass is 476 g/mol. The highest BCUT2D eigenvalue weighted by Crippen LogP contribution is 2.48. The molecular weight excluding hydrogens is 444 g/mol. The standard InChI is InChI=1S/C23H32N4O3S2/c1-17-7-8-23-21(13-17)27(20-5-3-4-6-22(20)31-23)16-19(30-2)15-26-11-9-18(10-12-26)14-25-32(24,28)29/h3-8,13,18-19,25H,9-12,14-16H2,1-2H3,(H2,24,28,29). The number of likely N-dealkylation sites (tertiary alicyclic amines) is 1. The second-order valence-corrected chi connectivity index (χ2v) is 11.1. The average molecular weight is 477 g/mol. The van der Waals surface area contributed by atoms with Crippen molar-refractivity contribution in [2.75, 3.05) is 44.7 Å². The third kappa shape index (κ3) is 5.84. The molecule has 9 heteroatoms. The molecule has 4 rings (SSSR count). The van der Waals surface area contributed by atoms with Crippen molar-refractivity contribution in [3.05, 3.63) is 48.0 Å². The summed E-state index contributed by atoms with van der Waals surface area (Å²) in [5.74, 6) is 0.325. The smallest absolute Gasteiger partial charge is 0.274 e. The van der Waals surface area contributed by atoms with Gasteiger partial charge in [-0.1, -0.05) is 30.0 Å². The van der Waals surface area contributed by atoms with Crippen molar-refractivity contribution >= 4 is 33.3 Å². The van der Waals surface area contributed by atoms with Crippen LogP contribution in [0.4, 0.5) is 11.4 Å². The first-order chi connectivity index (χ1) is 15.3. The van der Waals surface area contributed by atoms with Gasteiger partial charge in [0, 0.05) is 30.0 Å². The predicted octanol–water partition coefficient (Wildman–Crippen LogP) is 3.12. The zero-order valence-electron chi connectivity index (χ0n) is 18.7. The summed E-state index contributed by atoms with van der Waals surface area (Å²) in [5.41, 5.74) is 3.71. The van der Waals surface area contributed by atoms with Gasteiger partial charge >= 0.3 is 0 Å². The number of aryl methyl sites for hydroxylation is 1. The van der Waals surface area contributed by atoms with Crippen LogP contribution in [0.2, 0.25) is 0 Å². The Kier molecular flexibility index (Phi) is 7.44. The highest BCUT2D eigenvalue weighted by molar-refractivity contribution is 7.99. The Balaban J connectivity index is 1.42. The van der Waals surface area contributed by atoms with Crippen LogP contribution in [-0.4, -0.2) is 59.3 Å². The van der Waals surface area contributed by atoms with E-state index in [1.807, 2.05) is 11.8 Å². The van der Waals surface area contributed by atoms with Crippen molar-refractivity contribution in [1.29, 1.82) is 0 Å². The predicted molar refractivity (Wildman–Crippen MR) is 130 cm³/mol. The maximum atomic E-state index is 11.1. The van der Waals surface area contributed by atoms with E-state index < -0.39 is 10.2 Å². The molecule has 2 heterocycles. The number of nitrogens with zero attached hydrogens (tertiary/aromatic N) is 2. The molecule has 2 aliphatic rings. The number of ether oxygens (including phenoxy) is 1. The number of anilines is 2. The Bertz CT molecular complexity index is 1040. The van der Waals surface area contributed by atoms with E-state index in [0.717, 1.165) is 39.0 Å². The SMILES string of the molecule is COC(CN1CCC(CNS(N)(=O)=O)CC1)CN1c2ccccc2Sc2ccc(C)cc21. The fourth-order valence-corrected chi connectivity index (χ4v) is 5.99. The van der Waals surface area contributed by atoms with Gasteiger partial charge in [0.15, 0.2) is 0 Å². The Labute approximate surface area is 195 Å². The Hall–Kier alpha value is -1.62. The highest BCUT2D eigenvalue weighted by Gasteiger charge is 2.28. The first kappa shape index (κ1) is 23.5. The van der Waals surface area contributed by atoms with E-state index >= 15 is 0 Å². The number of hydrogen-bond donors (Lipinski definition) is 2. The molecule has 0 aliphatic carbocycles. The molecule has 7 nitrogen and oxygen atoms in total. The summed E-state index contributed by atoms with van der Waals surface area (Å²) in [6.45, 7) is 6.03. The molecule has 3 N–H and O–H groups in total. The normalized spacial score (nSPS) is 18.3. The molecule has 0 amide bonds. The number of benzene rings is 2. The largest absolute Gasteiger partial charge is 0.378 e. The van der Waals surface area contributed by atoms with Gasteiger partial charge in [0.25, 0.3) is 10.2 Å². The zero-order chi connectivity index (χ0) is 22.7. The summed E-state index contributed by atoms with van der Waals surface area (Å²) in [6.07, 6.45) is 1.95. The maximum Gasteiger partial charge on any atom is 0.274 e. The van der Waals surface area contributed by atoms with E-state index in [1.54, 1.807) is 7.11 Å². The van der Waals surface area contributed by atoms with Gasteiger partial charge < -0.3 is 14.5 Å². The summed E-state index contributed by atoms with van der Waals surface area (Å²) in [4.78, 5) is 7.35. The van der Waals surface area contributed by atoms with Crippen LogP contribution in [-0.2, 0) is 14.9 Å². The third-order valence-electron chi connectivity index (χ3n) is 6.24. The number of nitrogens with two attached hydrogens (primary N) is 1. The number of piperidine rings is 1. The average Bonchev–Trinajstić information content (AvgIpc) is 2.77. The first-order valence-electron chi connectivity index (χ1n) is 11.0. The summed E-state index contributed by atoms with van der Waals surface area (Å²) in [5, 5.41) is 5.06. The van der Waals surface area contributed by atoms with Crippen LogP contribution in [0.1, 0.15) is 18.4 Å². The molecule has 2 aromatic carbocycles. The zero-order valence-corrected chi connectivity index (χ0v) is 20.3. The summed E-state index contributed by atoms with van der Waals surface area (Å²) >= 11 is 1.82. The molecule has 0 radical (unpaired) electrons. The minimum atomic E-state index is -3.62. The molecule has 174 valence electrons. The van der Waals surface area contributed by atoms with E-state index in [9.17, 15) is 8.42 Å². The second-order valence-electron chi connectivity index (χ2n) is 8.65. The van der Waals surface area contributed by atoms with Crippen molar-refractivity contribution in [2.24, 2.45) is 11.1 Å². The van der Waals surface area contributed by atoms with Gasteiger partial charge in [0.05, 0.1) is 24.0 Å². The lowest BCUT2D eigenvalue weighted by Gasteiger charge is -2.38. The van der Waals surface area contributed by atoms with Gasteiger partial charge in [-0.15, -0.1) is 0 Å². The fourth-order valence-electron chi connectivity index (χ4n) is 4.44. The summed E-state index contributed by atoms with van der Waals surface area (Å²) < 4.78 is 30.7. The van der Waals surface area contributed by atoms with Crippen molar-refractivity contribution < 1.29 is 13.2 Å². The topological polar surface area (TPSA) is 87.9 Å². The van der Waals surface area contributed by atoms with E-state index in [2.05, 4.69) is 63.9 Å². The fraction of sp³-hybridized carbons (Fsp3) is 0.478. The molecule has 2 aliphatic heterocycles. The van der Waals surface area contributed by atoms with Crippen molar-refractivity contribution in [1.82, 2.24) is 9.62 Å². The summed E-state index contributed by atoms with van der Waals surface area (Å²) in [7, 11) is -1.83. The number of rotatable bonds is 8. The Morgan fingerprint density at radius 3 is 2.56 bits per heavy atom. The number of fused-ring (bicyclic) bond motifs is 2. The van der Waals surface area contributed by atoms with Crippen LogP contribution >= 0.6 is 11.8 Å². The van der Waals surface area contributed by atoms with E-state index in [1.165, 1.54) is 26.7 Å². The number of nitrogens with one attached hydrogen (secondary N) is 1. The second kappa shape index (κ2) is 10.1. The van der Waals surface area contributed by atoms with Gasteiger partial charge in [-0.05, 0) is 68.6 Å². The van der Waals surface area contributed by atoms with Gasteiger partial charge in [-0.2, -0.15) is 8.42 Å². The van der Waals surface area contributed by atoms with Crippen molar-refractivity contribution in [2.45, 2.75) is 35.7 Å². The Morgan fingerprint density at radius 1 is 1.12 bits per heavy atom. The van der Waals surface area contributed by atoms with Crippen LogP contribution in [0.3, 0.4) is 0 Å². The quantitative estimate of drug-likeness (QED) is 0.609. The van der Waals surface area contributed by atoms with Crippen molar-refractivity contribution in [3.8, 4) is 0 Å². The molecule has 0 bridgehead atoms. The lowest BCUT2D eigenvalue weighted by atomic mass is 9.97. The molecule has 1 fully saturated rings. The number of hydrogen-bond acceptors (Lipinski definition) is 6. The third-order valence-corrected chi connectivity index (χ3v) is 7.94. The Morgan fingerprint density at radius 2 is 1.84 bits per heavy atom. The molecule has 2 aromatic rings. The van der Waals surface area contributed by atoms with E-state index in [-0.39, 0.29) is 6.10 Å². The molecule has 0 saturated carbocycles. The van der Waals surface area contributed by atoms with Gasteiger partial charge in [0.1, 0.15) is 0 Å². The molecule has 0 aromatic heterocycles. The van der Waals surface area contributed by atoms with Crippen LogP contribution in [0.25, 0.3) is 0 Å². The maximum absolute atomic E-state index is 11.1.